The van der Waals surface area contributed by atoms with Crippen LogP contribution in [0.4, 0.5) is 10.6 Å². The Kier molecular flexibility index (Phi) is 3.13. The van der Waals surface area contributed by atoms with Crippen LogP contribution in [-0.4, -0.2) is 50.4 Å². The summed E-state index contributed by atoms with van der Waals surface area (Å²) in [5.74, 6) is 1.32. The number of carbonyl (C=O) groups is 1. The second-order valence-corrected chi connectivity index (χ2v) is 4.56. The zero-order valence-electron chi connectivity index (χ0n) is 11.5. The Balaban J connectivity index is 1.97. The number of nitrogens with one attached hydrogen (secondary N) is 1. The lowest BCUT2D eigenvalue weighted by molar-refractivity contribution is 0.156. The molecule has 1 aliphatic rings. The number of nitrogens with zero attached hydrogens (tertiary/aromatic N) is 5. The van der Waals surface area contributed by atoms with Gasteiger partial charge in [0.15, 0.2) is 11.5 Å². The number of hydrogen-bond donors (Lipinski definition) is 1. The Morgan fingerprint density at radius 2 is 2.30 bits per heavy atom. The zero-order chi connectivity index (χ0) is 14.1. The molecule has 2 aromatic heterocycles. The van der Waals surface area contributed by atoms with Gasteiger partial charge in [-0.2, -0.15) is 5.10 Å². The molecule has 0 saturated carbocycles. The van der Waals surface area contributed by atoms with Gasteiger partial charge in [0.2, 0.25) is 0 Å². The van der Waals surface area contributed by atoms with Crippen molar-refractivity contribution >= 4 is 22.9 Å². The van der Waals surface area contributed by atoms with Crippen molar-refractivity contribution in [2.45, 2.75) is 13.5 Å². The van der Waals surface area contributed by atoms with E-state index in [4.69, 9.17) is 4.74 Å². The third-order valence-corrected chi connectivity index (χ3v) is 3.16. The van der Waals surface area contributed by atoms with Crippen molar-refractivity contribution in [1.29, 1.82) is 0 Å². The SMILES string of the molecule is CCNc1nc(CN2CCOC2=O)nc2c1cnn2C. The van der Waals surface area contributed by atoms with Gasteiger partial charge in [0.05, 0.1) is 24.7 Å². The van der Waals surface area contributed by atoms with E-state index < -0.39 is 0 Å². The van der Waals surface area contributed by atoms with Gasteiger partial charge < -0.3 is 10.1 Å². The molecule has 0 bridgehead atoms. The molecule has 0 spiro atoms. The van der Waals surface area contributed by atoms with Gasteiger partial charge in [-0.25, -0.2) is 14.8 Å². The first-order valence-corrected chi connectivity index (χ1v) is 6.53. The van der Waals surface area contributed by atoms with E-state index in [-0.39, 0.29) is 6.09 Å². The van der Waals surface area contributed by atoms with Gasteiger partial charge in [0.1, 0.15) is 12.4 Å². The van der Waals surface area contributed by atoms with Gasteiger partial charge in [0.25, 0.3) is 0 Å². The molecule has 106 valence electrons. The predicted octanol–water partition coefficient (Wildman–Crippen LogP) is 0.747. The fraction of sp³-hybridized carbons (Fsp3) is 0.500. The van der Waals surface area contributed by atoms with Gasteiger partial charge in [0, 0.05) is 13.6 Å². The average molecular weight is 276 g/mol. The summed E-state index contributed by atoms with van der Waals surface area (Å²) in [5.41, 5.74) is 0.749. The summed E-state index contributed by atoms with van der Waals surface area (Å²) >= 11 is 0. The van der Waals surface area contributed by atoms with E-state index in [2.05, 4.69) is 20.4 Å². The second kappa shape index (κ2) is 4.95. The molecule has 0 atom stereocenters. The van der Waals surface area contributed by atoms with Crippen LogP contribution in [0.2, 0.25) is 0 Å². The molecule has 1 amide bonds. The summed E-state index contributed by atoms with van der Waals surface area (Å²) in [6, 6.07) is 0. The van der Waals surface area contributed by atoms with E-state index in [0.29, 0.717) is 25.5 Å². The van der Waals surface area contributed by atoms with Crippen LogP contribution in [0.1, 0.15) is 12.7 Å². The highest BCUT2D eigenvalue weighted by molar-refractivity contribution is 5.86. The van der Waals surface area contributed by atoms with E-state index in [0.717, 1.165) is 23.4 Å². The van der Waals surface area contributed by atoms with Gasteiger partial charge >= 0.3 is 6.09 Å². The van der Waals surface area contributed by atoms with Crippen LogP contribution in [0.25, 0.3) is 11.0 Å². The average Bonchev–Trinajstić information content (AvgIpc) is 2.99. The van der Waals surface area contributed by atoms with Crippen molar-refractivity contribution in [3.05, 3.63) is 12.0 Å². The molecule has 0 aromatic carbocycles. The number of cyclic esters (lactones) is 1. The summed E-state index contributed by atoms with van der Waals surface area (Å²) < 4.78 is 6.61. The second-order valence-electron chi connectivity index (χ2n) is 4.56. The smallest absolute Gasteiger partial charge is 0.410 e. The predicted molar refractivity (Wildman–Crippen MR) is 72.2 cm³/mol. The van der Waals surface area contributed by atoms with Crippen LogP contribution in [0.3, 0.4) is 0 Å². The number of amides is 1. The number of carbonyl (C=O) groups excluding carboxylic acids is 1. The topological polar surface area (TPSA) is 85.2 Å². The van der Waals surface area contributed by atoms with E-state index in [9.17, 15) is 4.79 Å². The molecule has 1 aliphatic heterocycles. The lowest BCUT2D eigenvalue weighted by atomic mass is 10.3. The fourth-order valence-electron chi connectivity index (χ4n) is 2.18. The fourth-order valence-corrected chi connectivity index (χ4v) is 2.18. The minimum Gasteiger partial charge on any atom is -0.448 e. The molecular formula is C12H16N6O2. The van der Waals surface area contributed by atoms with Crippen molar-refractivity contribution in [3.8, 4) is 0 Å². The molecule has 1 saturated heterocycles. The summed E-state index contributed by atoms with van der Waals surface area (Å²) in [6.45, 7) is 4.10. The third-order valence-electron chi connectivity index (χ3n) is 3.16. The first-order chi connectivity index (χ1) is 9.69. The maximum Gasteiger partial charge on any atom is 0.410 e. The maximum atomic E-state index is 11.5. The minimum atomic E-state index is -0.316. The Bertz CT molecular complexity index is 653. The number of hydrogen-bond acceptors (Lipinski definition) is 6. The van der Waals surface area contributed by atoms with Gasteiger partial charge in [-0.15, -0.1) is 0 Å². The molecule has 0 unspecified atom stereocenters. The number of ether oxygens (including phenoxy) is 1. The van der Waals surface area contributed by atoms with E-state index in [1.165, 1.54) is 0 Å². The maximum absolute atomic E-state index is 11.5. The normalized spacial score (nSPS) is 14.9. The third kappa shape index (κ3) is 2.13. The zero-order valence-corrected chi connectivity index (χ0v) is 11.5. The van der Waals surface area contributed by atoms with Gasteiger partial charge in [-0.05, 0) is 6.92 Å². The summed E-state index contributed by atoms with van der Waals surface area (Å²) in [4.78, 5) is 22.0. The largest absolute Gasteiger partial charge is 0.448 e. The first kappa shape index (κ1) is 12.6. The van der Waals surface area contributed by atoms with Crippen LogP contribution in [0, 0.1) is 0 Å². The number of aryl methyl sites for hydroxylation is 1. The quantitative estimate of drug-likeness (QED) is 0.887. The molecule has 8 heteroatoms. The minimum absolute atomic E-state index is 0.316. The van der Waals surface area contributed by atoms with Crippen molar-refractivity contribution in [3.63, 3.8) is 0 Å². The van der Waals surface area contributed by atoms with Crippen LogP contribution < -0.4 is 5.32 Å². The van der Waals surface area contributed by atoms with Crippen molar-refractivity contribution in [2.75, 3.05) is 25.0 Å². The Labute approximate surface area is 115 Å². The molecule has 8 nitrogen and oxygen atoms in total. The molecule has 3 rings (SSSR count). The molecule has 3 heterocycles. The first-order valence-electron chi connectivity index (χ1n) is 6.53. The van der Waals surface area contributed by atoms with Crippen molar-refractivity contribution < 1.29 is 9.53 Å². The monoisotopic (exact) mass is 276 g/mol. The molecule has 20 heavy (non-hydrogen) atoms. The number of rotatable bonds is 4. The van der Waals surface area contributed by atoms with Crippen LogP contribution in [0.15, 0.2) is 6.20 Å². The van der Waals surface area contributed by atoms with Crippen LogP contribution in [-0.2, 0) is 18.3 Å². The molecule has 2 aromatic rings. The van der Waals surface area contributed by atoms with Crippen molar-refractivity contribution in [1.82, 2.24) is 24.6 Å². The Hall–Kier alpha value is -2.38. The van der Waals surface area contributed by atoms with E-state index in [1.54, 1.807) is 15.8 Å². The Morgan fingerprint density at radius 1 is 1.45 bits per heavy atom. The highest BCUT2D eigenvalue weighted by atomic mass is 16.6. The number of anilines is 1. The summed E-state index contributed by atoms with van der Waals surface area (Å²) in [7, 11) is 1.83. The van der Waals surface area contributed by atoms with Crippen LogP contribution >= 0.6 is 0 Å². The molecule has 1 N–H and O–H groups in total. The summed E-state index contributed by atoms with van der Waals surface area (Å²) in [5, 5.41) is 8.27. The number of aromatic nitrogens is 4. The Morgan fingerprint density at radius 3 is 3.00 bits per heavy atom. The highest BCUT2D eigenvalue weighted by Crippen LogP contribution is 2.20. The number of fused-ring (bicyclic) bond motifs is 1. The van der Waals surface area contributed by atoms with E-state index in [1.807, 2.05) is 14.0 Å². The van der Waals surface area contributed by atoms with Crippen molar-refractivity contribution in [2.24, 2.45) is 7.05 Å². The van der Waals surface area contributed by atoms with Crippen LogP contribution in [0.5, 0.6) is 0 Å². The summed E-state index contributed by atoms with van der Waals surface area (Å²) in [6.07, 6.45) is 1.42. The lowest BCUT2D eigenvalue weighted by Crippen LogP contribution is -2.25. The van der Waals surface area contributed by atoms with Gasteiger partial charge in [-0.3, -0.25) is 9.58 Å². The van der Waals surface area contributed by atoms with E-state index >= 15 is 0 Å². The molecule has 0 radical (unpaired) electrons. The lowest BCUT2D eigenvalue weighted by Gasteiger charge is -2.12. The molecular weight excluding hydrogens is 260 g/mol. The standard InChI is InChI=1S/C12H16N6O2/c1-3-13-10-8-6-14-17(2)11(8)16-9(15-10)7-18-4-5-20-12(18)19/h6H,3-5,7H2,1-2H3,(H,13,15,16). The van der Waals surface area contributed by atoms with Gasteiger partial charge in [-0.1, -0.05) is 0 Å². The molecule has 0 aliphatic carbocycles. The molecule has 1 fully saturated rings. The highest BCUT2D eigenvalue weighted by Gasteiger charge is 2.23.